The highest BCUT2D eigenvalue weighted by Crippen LogP contribution is 2.37. The number of carbonyl (C=O) groups excluding carboxylic acids is 1. The minimum absolute atomic E-state index is 0.0977. The SMILES string of the molecule is NC(=O)c1cccc2c1c1[c]cc(-c3ccc(Cl)cc3Cl)cc1n2Cc1cc(F)cc(C(F)(F)F)c1. The van der Waals surface area contributed by atoms with Crippen LogP contribution in [0.25, 0.3) is 32.9 Å². The average molecular weight is 530 g/mol. The van der Waals surface area contributed by atoms with E-state index in [1.54, 1.807) is 53.1 Å². The van der Waals surface area contributed by atoms with Gasteiger partial charge in [0.05, 0.1) is 16.6 Å². The number of nitrogens with zero attached hydrogens (tertiary/aromatic N) is 1. The molecule has 0 aliphatic rings. The van der Waals surface area contributed by atoms with Gasteiger partial charge in [0, 0.05) is 38.5 Å². The number of rotatable bonds is 4. The number of nitrogens with two attached hydrogens (primary N) is 1. The van der Waals surface area contributed by atoms with E-state index in [1.807, 2.05) is 0 Å². The van der Waals surface area contributed by atoms with Crippen molar-refractivity contribution in [1.29, 1.82) is 0 Å². The molecule has 0 saturated carbocycles. The molecule has 1 amide bonds. The predicted molar refractivity (Wildman–Crippen MR) is 133 cm³/mol. The Labute approximate surface area is 212 Å². The van der Waals surface area contributed by atoms with Crippen molar-refractivity contribution in [3.8, 4) is 11.1 Å². The van der Waals surface area contributed by atoms with Crippen LogP contribution in [0.5, 0.6) is 0 Å². The van der Waals surface area contributed by atoms with Gasteiger partial charge in [-0.25, -0.2) is 4.39 Å². The summed E-state index contributed by atoms with van der Waals surface area (Å²) in [6.07, 6.45) is -4.71. The number of aromatic nitrogens is 1. The summed E-state index contributed by atoms with van der Waals surface area (Å²) in [6, 6.07) is 19.0. The summed E-state index contributed by atoms with van der Waals surface area (Å²) in [5.41, 5.74) is 7.28. The zero-order chi connectivity index (χ0) is 25.8. The third-order valence-corrected chi connectivity index (χ3v) is 6.48. The monoisotopic (exact) mass is 529 g/mol. The van der Waals surface area contributed by atoms with E-state index in [4.69, 9.17) is 28.9 Å². The summed E-state index contributed by atoms with van der Waals surface area (Å²) in [6.45, 7) is -0.102. The van der Waals surface area contributed by atoms with Crippen molar-refractivity contribution in [1.82, 2.24) is 4.57 Å². The van der Waals surface area contributed by atoms with Crippen LogP contribution in [0.15, 0.2) is 66.7 Å². The largest absolute Gasteiger partial charge is 0.416 e. The third kappa shape index (κ3) is 4.29. The highest BCUT2D eigenvalue weighted by Gasteiger charge is 2.31. The molecule has 2 N–H and O–H groups in total. The lowest BCUT2D eigenvalue weighted by Crippen LogP contribution is -2.11. The Morgan fingerprint density at radius 2 is 1.78 bits per heavy atom. The van der Waals surface area contributed by atoms with Crippen LogP contribution in [-0.4, -0.2) is 10.5 Å². The summed E-state index contributed by atoms with van der Waals surface area (Å²) in [4.78, 5) is 12.2. The molecular formula is C27H15Cl2F4N2O. The second-order valence-electron chi connectivity index (χ2n) is 8.27. The lowest BCUT2D eigenvalue weighted by Gasteiger charge is -2.13. The number of hydrogen-bond acceptors (Lipinski definition) is 1. The first-order chi connectivity index (χ1) is 17.0. The standard InChI is InChI=1S/C27H15Cl2F4N2O/c28-17-5-7-19(22(29)12-17)15-4-6-20-24(10-15)35(23-3-1-2-21(25(20)23)26(34)36)13-14-8-16(27(31,32)33)11-18(30)9-14/h1-5,7-12H,13H2,(H2,34,36). The van der Waals surface area contributed by atoms with Crippen molar-refractivity contribution < 1.29 is 22.4 Å². The normalized spacial score (nSPS) is 11.9. The van der Waals surface area contributed by atoms with Crippen LogP contribution in [0, 0.1) is 11.9 Å². The molecule has 1 aromatic heterocycles. The second-order valence-corrected chi connectivity index (χ2v) is 9.11. The Bertz CT molecular complexity index is 1670. The van der Waals surface area contributed by atoms with Gasteiger partial charge >= 0.3 is 6.18 Å². The zero-order valence-electron chi connectivity index (χ0n) is 18.3. The molecule has 5 aromatic rings. The number of benzene rings is 4. The van der Waals surface area contributed by atoms with Crippen molar-refractivity contribution in [2.45, 2.75) is 12.7 Å². The average Bonchev–Trinajstić information content (AvgIpc) is 3.11. The zero-order valence-corrected chi connectivity index (χ0v) is 19.8. The summed E-state index contributed by atoms with van der Waals surface area (Å²) in [7, 11) is 0. The second kappa shape index (κ2) is 8.84. The van der Waals surface area contributed by atoms with Crippen molar-refractivity contribution in [3.05, 3.63) is 105 Å². The topological polar surface area (TPSA) is 48.0 Å². The van der Waals surface area contributed by atoms with Gasteiger partial charge in [0.25, 0.3) is 0 Å². The molecule has 0 atom stereocenters. The molecule has 1 heterocycles. The summed E-state index contributed by atoms with van der Waals surface area (Å²) < 4.78 is 55.8. The molecule has 0 aliphatic carbocycles. The third-order valence-electron chi connectivity index (χ3n) is 5.93. The molecule has 5 rings (SSSR count). The van der Waals surface area contributed by atoms with Gasteiger partial charge in [-0.2, -0.15) is 13.2 Å². The molecule has 0 saturated heterocycles. The number of amides is 1. The minimum Gasteiger partial charge on any atom is -0.366 e. The first-order valence-corrected chi connectivity index (χ1v) is 11.4. The Hall–Kier alpha value is -3.55. The van der Waals surface area contributed by atoms with Crippen molar-refractivity contribution >= 4 is 50.9 Å². The molecule has 181 valence electrons. The molecule has 0 aliphatic heterocycles. The van der Waals surface area contributed by atoms with Crippen molar-refractivity contribution in [2.24, 2.45) is 5.73 Å². The van der Waals surface area contributed by atoms with E-state index >= 15 is 0 Å². The van der Waals surface area contributed by atoms with Crippen LogP contribution in [-0.2, 0) is 12.7 Å². The molecule has 36 heavy (non-hydrogen) atoms. The van der Waals surface area contributed by atoms with Gasteiger partial charge in [-0.1, -0.05) is 35.3 Å². The Balaban J connectivity index is 1.78. The molecule has 0 bridgehead atoms. The van der Waals surface area contributed by atoms with Crippen LogP contribution in [0.2, 0.25) is 10.0 Å². The highest BCUT2D eigenvalue weighted by molar-refractivity contribution is 6.36. The number of halogens is 6. The number of carbonyl (C=O) groups is 1. The van der Waals surface area contributed by atoms with E-state index in [0.29, 0.717) is 49.0 Å². The predicted octanol–water partition coefficient (Wildman–Crippen LogP) is 7.87. The van der Waals surface area contributed by atoms with Gasteiger partial charge in [-0.3, -0.25) is 4.79 Å². The van der Waals surface area contributed by atoms with Gasteiger partial charge in [0.15, 0.2) is 0 Å². The first-order valence-electron chi connectivity index (χ1n) is 10.6. The fraction of sp³-hybridized carbons (Fsp3) is 0.0741. The fourth-order valence-electron chi connectivity index (χ4n) is 4.40. The molecule has 3 nitrogen and oxygen atoms in total. The van der Waals surface area contributed by atoms with E-state index in [-0.39, 0.29) is 17.7 Å². The maximum Gasteiger partial charge on any atom is 0.416 e. The van der Waals surface area contributed by atoms with Crippen LogP contribution in [0.1, 0.15) is 21.5 Å². The van der Waals surface area contributed by atoms with Gasteiger partial charge in [0.1, 0.15) is 5.82 Å². The Morgan fingerprint density at radius 1 is 1.00 bits per heavy atom. The van der Waals surface area contributed by atoms with E-state index < -0.39 is 23.5 Å². The van der Waals surface area contributed by atoms with Crippen LogP contribution in [0.3, 0.4) is 0 Å². The van der Waals surface area contributed by atoms with Crippen LogP contribution < -0.4 is 5.73 Å². The van der Waals surface area contributed by atoms with E-state index in [0.717, 1.165) is 12.1 Å². The highest BCUT2D eigenvalue weighted by atomic mass is 35.5. The molecule has 0 spiro atoms. The molecule has 1 radical (unpaired) electrons. The van der Waals surface area contributed by atoms with Crippen molar-refractivity contribution in [2.75, 3.05) is 0 Å². The Kier molecular flexibility index (Phi) is 5.93. The molecule has 4 aromatic carbocycles. The van der Waals surface area contributed by atoms with Gasteiger partial charge in [-0.05, 0) is 71.8 Å². The maximum atomic E-state index is 14.1. The minimum atomic E-state index is -4.71. The van der Waals surface area contributed by atoms with Gasteiger partial charge in [0.2, 0.25) is 5.91 Å². The fourth-order valence-corrected chi connectivity index (χ4v) is 4.92. The molecular weight excluding hydrogens is 515 g/mol. The van der Waals surface area contributed by atoms with Crippen LogP contribution in [0.4, 0.5) is 17.6 Å². The van der Waals surface area contributed by atoms with E-state index in [2.05, 4.69) is 6.07 Å². The quantitative estimate of drug-likeness (QED) is 0.236. The Morgan fingerprint density at radius 3 is 2.47 bits per heavy atom. The lowest BCUT2D eigenvalue weighted by molar-refractivity contribution is -0.137. The lowest BCUT2D eigenvalue weighted by atomic mass is 10.0. The smallest absolute Gasteiger partial charge is 0.366 e. The molecule has 0 fully saturated rings. The first kappa shape index (κ1) is 24.2. The summed E-state index contributed by atoms with van der Waals surface area (Å²) in [5, 5.41) is 1.90. The maximum absolute atomic E-state index is 14.1. The van der Waals surface area contributed by atoms with E-state index in [1.165, 1.54) is 0 Å². The molecule has 9 heteroatoms. The van der Waals surface area contributed by atoms with Crippen LogP contribution >= 0.6 is 23.2 Å². The van der Waals surface area contributed by atoms with E-state index in [9.17, 15) is 22.4 Å². The number of primary amides is 1. The number of hydrogen-bond donors (Lipinski definition) is 1. The number of alkyl halides is 3. The summed E-state index contributed by atoms with van der Waals surface area (Å²) in [5.74, 6) is -1.67. The number of fused-ring (bicyclic) bond motifs is 3. The molecule has 0 unspecified atom stereocenters. The van der Waals surface area contributed by atoms with Gasteiger partial charge < -0.3 is 10.3 Å². The van der Waals surface area contributed by atoms with Gasteiger partial charge in [-0.15, -0.1) is 0 Å². The van der Waals surface area contributed by atoms with Crippen molar-refractivity contribution in [3.63, 3.8) is 0 Å². The summed E-state index contributed by atoms with van der Waals surface area (Å²) >= 11 is 12.4.